The summed E-state index contributed by atoms with van der Waals surface area (Å²) >= 11 is 12.1. The molecule has 4 heteroatoms. The zero-order valence-corrected chi connectivity index (χ0v) is 11.6. The molecule has 1 aliphatic heterocycles. The molecule has 17 heavy (non-hydrogen) atoms. The summed E-state index contributed by atoms with van der Waals surface area (Å²) in [6, 6.07) is 6.33. The van der Waals surface area contributed by atoms with Gasteiger partial charge in [0, 0.05) is 41.4 Å². The zero-order valence-electron chi connectivity index (χ0n) is 10.0. The number of halogens is 2. The third kappa shape index (κ3) is 3.51. The van der Waals surface area contributed by atoms with E-state index in [1.54, 1.807) is 6.07 Å². The summed E-state index contributed by atoms with van der Waals surface area (Å²) in [6.07, 6.45) is 2.42. The van der Waals surface area contributed by atoms with Gasteiger partial charge < -0.3 is 10.2 Å². The fourth-order valence-corrected chi connectivity index (χ4v) is 2.84. The minimum Gasteiger partial charge on any atom is -0.369 e. The van der Waals surface area contributed by atoms with Crippen LogP contribution in [0, 0.1) is 0 Å². The molecular formula is C13H18Cl2N2. The van der Waals surface area contributed by atoms with Gasteiger partial charge >= 0.3 is 0 Å². The molecule has 1 N–H and O–H groups in total. The molecule has 0 bridgehead atoms. The fourth-order valence-electron chi connectivity index (χ4n) is 2.32. The highest BCUT2D eigenvalue weighted by Gasteiger charge is 2.19. The molecule has 2 rings (SSSR count). The molecule has 1 atom stereocenters. The van der Waals surface area contributed by atoms with E-state index in [0.717, 1.165) is 25.3 Å². The Kier molecular flexibility index (Phi) is 4.55. The molecule has 0 aromatic heterocycles. The molecule has 94 valence electrons. The van der Waals surface area contributed by atoms with E-state index in [1.165, 1.54) is 12.8 Å². The molecule has 1 unspecified atom stereocenters. The number of nitrogens with one attached hydrogen (secondary N) is 1. The van der Waals surface area contributed by atoms with E-state index < -0.39 is 0 Å². The Morgan fingerprint density at radius 2 is 2.00 bits per heavy atom. The summed E-state index contributed by atoms with van der Waals surface area (Å²) in [4.78, 5) is 2.36. The minimum absolute atomic E-state index is 0.575. The Balaban J connectivity index is 2.10. The van der Waals surface area contributed by atoms with Crippen molar-refractivity contribution in [1.82, 2.24) is 5.32 Å². The maximum Gasteiger partial charge on any atom is 0.0441 e. The smallest absolute Gasteiger partial charge is 0.0441 e. The second kappa shape index (κ2) is 5.94. The van der Waals surface area contributed by atoms with Crippen LogP contribution in [0.5, 0.6) is 0 Å². The molecule has 0 spiro atoms. The number of hydrogen-bond acceptors (Lipinski definition) is 2. The van der Waals surface area contributed by atoms with Crippen molar-refractivity contribution in [1.29, 1.82) is 0 Å². The van der Waals surface area contributed by atoms with Gasteiger partial charge in [0.15, 0.2) is 0 Å². The van der Waals surface area contributed by atoms with Gasteiger partial charge in [-0.25, -0.2) is 0 Å². The lowest BCUT2D eigenvalue weighted by molar-refractivity contribution is 0.431. The lowest BCUT2D eigenvalue weighted by Gasteiger charge is -2.35. The van der Waals surface area contributed by atoms with E-state index in [-0.39, 0.29) is 0 Å². The molecule has 0 aliphatic carbocycles. The summed E-state index contributed by atoms with van der Waals surface area (Å²) in [6.45, 7) is 5.28. The molecule has 1 aliphatic rings. The van der Waals surface area contributed by atoms with Crippen LogP contribution in [-0.4, -0.2) is 25.7 Å². The van der Waals surface area contributed by atoms with Crippen molar-refractivity contribution >= 4 is 28.9 Å². The van der Waals surface area contributed by atoms with Crippen molar-refractivity contribution in [2.75, 3.05) is 24.5 Å². The number of nitrogens with zero attached hydrogens (tertiary/aromatic N) is 1. The minimum atomic E-state index is 0.575. The molecule has 1 aromatic carbocycles. The molecule has 2 nitrogen and oxygen atoms in total. The summed E-state index contributed by atoms with van der Waals surface area (Å²) < 4.78 is 0. The molecule has 1 saturated heterocycles. The average molecular weight is 273 g/mol. The summed E-state index contributed by atoms with van der Waals surface area (Å²) in [5, 5.41) is 4.95. The van der Waals surface area contributed by atoms with Gasteiger partial charge in [-0.2, -0.15) is 0 Å². The van der Waals surface area contributed by atoms with E-state index in [4.69, 9.17) is 23.2 Å². The van der Waals surface area contributed by atoms with Crippen LogP contribution in [-0.2, 0) is 0 Å². The lowest BCUT2D eigenvalue weighted by atomic mass is 10.1. The van der Waals surface area contributed by atoms with Crippen LogP contribution in [0.2, 0.25) is 10.0 Å². The average Bonchev–Trinajstić information content (AvgIpc) is 2.28. The standard InChI is InChI=1S/C13H18Cl2N2/c1-2-3-12-9-17(5-4-16-12)13-7-10(14)6-11(15)8-13/h6-8,12,16H,2-5,9H2,1H3. The Hall–Kier alpha value is -0.440. The van der Waals surface area contributed by atoms with E-state index in [1.807, 2.05) is 12.1 Å². The highest BCUT2D eigenvalue weighted by Crippen LogP contribution is 2.26. The molecule has 0 amide bonds. The van der Waals surface area contributed by atoms with Crippen LogP contribution in [0.25, 0.3) is 0 Å². The topological polar surface area (TPSA) is 15.3 Å². The van der Waals surface area contributed by atoms with Gasteiger partial charge in [-0.1, -0.05) is 36.5 Å². The maximum atomic E-state index is 6.04. The van der Waals surface area contributed by atoms with E-state index in [0.29, 0.717) is 16.1 Å². The van der Waals surface area contributed by atoms with Gasteiger partial charge in [-0.15, -0.1) is 0 Å². The van der Waals surface area contributed by atoms with Crippen LogP contribution in [0.3, 0.4) is 0 Å². The summed E-state index contributed by atoms with van der Waals surface area (Å²) in [5.41, 5.74) is 1.13. The first-order valence-electron chi connectivity index (χ1n) is 6.13. The van der Waals surface area contributed by atoms with Crippen molar-refractivity contribution < 1.29 is 0 Å². The molecule has 1 fully saturated rings. The van der Waals surface area contributed by atoms with Crippen molar-refractivity contribution in [3.8, 4) is 0 Å². The van der Waals surface area contributed by atoms with Gasteiger partial charge in [-0.3, -0.25) is 0 Å². The van der Waals surface area contributed by atoms with E-state index in [2.05, 4.69) is 17.1 Å². The first-order valence-corrected chi connectivity index (χ1v) is 6.89. The Morgan fingerprint density at radius 3 is 2.65 bits per heavy atom. The SMILES string of the molecule is CCCC1CN(c2cc(Cl)cc(Cl)c2)CCN1. The second-order valence-corrected chi connectivity index (χ2v) is 5.39. The third-order valence-corrected chi connectivity index (χ3v) is 3.54. The maximum absolute atomic E-state index is 6.04. The number of rotatable bonds is 3. The predicted octanol–water partition coefficient (Wildman–Crippen LogP) is 3.57. The molecule has 1 aromatic rings. The van der Waals surface area contributed by atoms with Crippen LogP contribution in [0.4, 0.5) is 5.69 Å². The van der Waals surface area contributed by atoms with Gasteiger partial charge in [0.1, 0.15) is 0 Å². The van der Waals surface area contributed by atoms with Crippen LogP contribution < -0.4 is 10.2 Å². The Labute approximate surface area is 113 Å². The van der Waals surface area contributed by atoms with E-state index >= 15 is 0 Å². The highest BCUT2D eigenvalue weighted by molar-refractivity contribution is 6.35. The zero-order chi connectivity index (χ0) is 12.3. The molecule has 1 heterocycles. The highest BCUT2D eigenvalue weighted by atomic mass is 35.5. The quantitative estimate of drug-likeness (QED) is 0.905. The van der Waals surface area contributed by atoms with Crippen molar-refractivity contribution in [2.45, 2.75) is 25.8 Å². The first kappa shape index (κ1) is 13.0. The monoisotopic (exact) mass is 272 g/mol. The number of benzene rings is 1. The first-order chi connectivity index (χ1) is 8.19. The van der Waals surface area contributed by atoms with Crippen molar-refractivity contribution in [2.24, 2.45) is 0 Å². The largest absolute Gasteiger partial charge is 0.369 e. The molecule has 0 saturated carbocycles. The van der Waals surface area contributed by atoms with Crippen LogP contribution in [0.15, 0.2) is 18.2 Å². The molecular weight excluding hydrogens is 255 g/mol. The van der Waals surface area contributed by atoms with Gasteiger partial charge in [0.25, 0.3) is 0 Å². The summed E-state index contributed by atoms with van der Waals surface area (Å²) in [5.74, 6) is 0. The Morgan fingerprint density at radius 1 is 1.29 bits per heavy atom. The third-order valence-electron chi connectivity index (χ3n) is 3.11. The lowest BCUT2D eigenvalue weighted by Crippen LogP contribution is -2.50. The van der Waals surface area contributed by atoms with Crippen LogP contribution >= 0.6 is 23.2 Å². The second-order valence-electron chi connectivity index (χ2n) is 4.51. The van der Waals surface area contributed by atoms with E-state index in [9.17, 15) is 0 Å². The Bertz CT molecular complexity index is 359. The van der Waals surface area contributed by atoms with Crippen LogP contribution in [0.1, 0.15) is 19.8 Å². The number of anilines is 1. The van der Waals surface area contributed by atoms with Gasteiger partial charge in [-0.05, 0) is 24.6 Å². The number of hydrogen-bond donors (Lipinski definition) is 1. The number of piperazine rings is 1. The van der Waals surface area contributed by atoms with Crippen molar-refractivity contribution in [3.05, 3.63) is 28.2 Å². The van der Waals surface area contributed by atoms with Gasteiger partial charge in [0.05, 0.1) is 0 Å². The molecule has 0 radical (unpaired) electrons. The predicted molar refractivity (Wildman–Crippen MR) is 75.4 cm³/mol. The van der Waals surface area contributed by atoms with Gasteiger partial charge in [0.2, 0.25) is 0 Å². The fraction of sp³-hybridized carbons (Fsp3) is 0.538. The van der Waals surface area contributed by atoms with Crippen molar-refractivity contribution in [3.63, 3.8) is 0 Å². The normalized spacial score (nSPS) is 20.6. The summed E-state index contributed by atoms with van der Waals surface area (Å²) in [7, 11) is 0.